The summed E-state index contributed by atoms with van der Waals surface area (Å²) in [7, 11) is 0. The first-order chi connectivity index (χ1) is 9.61. The molecule has 0 saturated carbocycles. The predicted octanol–water partition coefficient (Wildman–Crippen LogP) is 0.695. The Morgan fingerprint density at radius 2 is 1.80 bits per heavy atom. The fourth-order valence-corrected chi connectivity index (χ4v) is 2.33. The Kier molecular flexibility index (Phi) is 4.53. The maximum absolute atomic E-state index is 12.2. The van der Waals surface area contributed by atoms with E-state index in [1.165, 1.54) is 0 Å². The molecule has 2 unspecified atom stereocenters. The maximum Gasteiger partial charge on any atom is 0.251 e. The van der Waals surface area contributed by atoms with Gasteiger partial charge in [-0.3, -0.25) is 9.59 Å². The van der Waals surface area contributed by atoms with Crippen LogP contribution in [0.5, 0.6) is 0 Å². The van der Waals surface area contributed by atoms with Crippen LogP contribution in [-0.4, -0.2) is 17.9 Å². The summed E-state index contributed by atoms with van der Waals surface area (Å²) in [5.41, 5.74) is 12.4. The van der Waals surface area contributed by atoms with Crippen LogP contribution in [-0.2, 0) is 11.3 Å². The van der Waals surface area contributed by atoms with Crippen LogP contribution in [0.3, 0.4) is 0 Å². The topological polar surface area (TPSA) is 98.2 Å². The van der Waals surface area contributed by atoms with E-state index in [4.69, 9.17) is 11.5 Å². The van der Waals surface area contributed by atoms with Gasteiger partial charge in [0.05, 0.1) is 5.92 Å². The van der Waals surface area contributed by atoms with Crippen molar-refractivity contribution in [3.8, 4) is 0 Å². The number of amides is 2. The molecule has 5 N–H and O–H groups in total. The molecular weight excluding hydrogens is 254 g/mol. The molecule has 5 heteroatoms. The minimum Gasteiger partial charge on any atom is -0.369 e. The molecule has 0 fully saturated rings. The minimum atomic E-state index is -0.377. The molecule has 2 atom stereocenters. The molecule has 1 aromatic rings. The van der Waals surface area contributed by atoms with Gasteiger partial charge >= 0.3 is 0 Å². The van der Waals surface area contributed by atoms with Gasteiger partial charge in [-0.1, -0.05) is 24.3 Å². The molecule has 0 aliphatic heterocycles. The molecule has 0 bridgehead atoms. The molecule has 1 aromatic carbocycles. The van der Waals surface area contributed by atoms with Crippen LogP contribution >= 0.6 is 0 Å². The quantitative estimate of drug-likeness (QED) is 0.704. The van der Waals surface area contributed by atoms with Gasteiger partial charge in [0, 0.05) is 18.2 Å². The Hall–Kier alpha value is -2.14. The van der Waals surface area contributed by atoms with E-state index in [1.54, 1.807) is 12.1 Å². The lowest BCUT2D eigenvalue weighted by atomic mass is 9.88. The molecular formula is C15H19N3O2. The summed E-state index contributed by atoms with van der Waals surface area (Å²) < 4.78 is 0. The van der Waals surface area contributed by atoms with Crippen LogP contribution in [0, 0.1) is 5.92 Å². The highest BCUT2D eigenvalue weighted by molar-refractivity contribution is 5.94. The molecule has 5 nitrogen and oxygen atoms in total. The number of nitrogens with two attached hydrogens (primary N) is 2. The summed E-state index contributed by atoms with van der Waals surface area (Å²) in [6.07, 6.45) is 5.09. The molecule has 0 heterocycles. The van der Waals surface area contributed by atoms with Crippen LogP contribution < -0.4 is 16.8 Å². The molecule has 0 aromatic heterocycles. The second-order valence-electron chi connectivity index (χ2n) is 4.93. The maximum atomic E-state index is 12.2. The summed E-state index contributed by atoms with van der Waals surface area (Å²) >= 11 is 0. The number of nitrogens with one attached hydrogen (secondary N) is 1. The molecule has 0 radical (unpaired) electrons. The van der Waals surface area contributed by atoms with E-state index in [0.29, 0.717) is 24.9 Å². The summed E-state index contributed by atoms with van der Waals surface area (Å²) in [6.45, 7) is 0.444. The van der Waals surface area contributed by atoms with Crippen molar-refractivity contribution in [2.75, 3.05) is 0 Å². The Balaban J connectivity index is 2.05. The zero-order valence-electron chi connectivity index (χ0n) is 11.2. The average Bonchev–Trinajstić information content (AvgIpc) is 2.47. The number of rotatable bonds is 4. The average molecular weight is 273 g/mol. The number of hydrogen-bond donors (Lipinski definition) is 3. The van der Waals surface area contributed by atoms with E-state index in [9.17, 15) is 9.59 Å². The molecule has 1 aliphatic carbocycles. The monoisotopic (exact) mass is 273 g/mol. The van der Waals surface area contributed by atoms with Crippen molar-refractivity contribution in [1.82, 2.24) is 5.32 Å². The van der Waals surface area contributed by atoms with Gasteiger partial charge < -0.3 is 16.8 Å². The first kappa shape index (κ1) is 14.3. The summed E-state index contributed by atoms with van der Waals surface area (Å²) in [6, 6.07) is 6.87. The van der Waals surface area contributed by atoms with E-state index in [2.05, 4.69) is 5.32 Å². The van der Waals surface area contributed by atoms with Crippen LogP contribution in [0.2, 0.25) is 0 Å². The van der Waals surface area contributed by atoms with E-state index < -0.39 is 0 Å². The van der Waals surface area contributed by atoms with Crippen molar-refractivity contribution < 1.29 is 9.59 Å². The van der Waals surface area contributed by atoms with Crippen molar-refractivity contribution in [3.63, 3.8) is 0 Å². The minimum absolute atomic E-state index is 0.194. The van der Waals surface area contributed by atoms with Crippen molar-refractivity contribution >= 4 is 11.8 Å². The van der Waals surface area contributed by atoms with E-state index in [1.807, 2.05) is 24.3 Å². The smallest absolute Gasteiger partial charge is 0.251 e. The van der Waals surface area contributed by atoms with Gasteiger partial charge in [0.15, 0.2) is 0 Å². The zero-order valence-corrected chi connectivity index (χ0v) is 11.2. The highest BCUT2D eigenvalue weighted by Crippen LogP contribution is 2.19. The van der Waals surface area contributed by atoms with Gasteiger partial charge in [0.1, 0.15) is 0 Å². The van der Waals surface area contributed by atoms with Gasteiger partial charge in [0.25, 0.3) is 5.91 Å². The van der Waals surface area contributed by atoms with Gasteiger partial charge in [0.2, 0.25) is 5.91 Å². The fourth-order valence-electron chi connectivity index (χ4n) is 2.33. The van der Waals surface area contributed by atoms with Gasteiger partial charge in [-0.25, -0.2) is 0 Å². The van der Waals surface area contributed by atoms with Crippen LogP contribution in [0.15, 0.2) is 36.4 Å². The summed E-state index contributed by atoms with van der Waals surface area (Å²) in [5, 5.41) is 2.88. The third-order valence-corrected chi connectivity index (χ3v) is 3.57. The Morgan fingerprint density at radius 1 is 1.15 bits per heavy atom. The molecule has 20 heavy (non-hydrogen) atoms. The van der Waals surface area contributed by atoms with E-state index >= 15 is 0 Å². The van der Waals surface area contributed by atoms with Crippen LogP contribution in [0.1, 0.15) is 28.8 Å². The normalized spacial score (nSPS) is 21.4. The first-order valence-electron chi connectivity index (χ1n) is 6.66. The van der Waals surface area contributed by atoms with Crippen LogP contribution in [0.25, 0.3) is 0 Å². The van der Waals surface area contributed by atoms with Crippen molar-refractivity contribution in [2.24, 2.45) is 17.4 Å². The summed E-state index contributed by atoms with van der Waals surface area (Å²) in [4.78, 5) is 23.6. The Morgan fingerprint density at radius 3 is 2.40 bits per heavy atom. The lowest BCUT2D eigenvalue weighted by molar-refractivity contribution is -0.122. The fraction of sp³-hybridized carbons (Fsp3) is 0.333. The third kappa shape index (κ3) is 3.24. The number of allylic oxidation sites excluding steroid dienone is 1. The lowest BCUT2D eigenvalue weighted by Crippen LogP contribution is -2.46. The second kappa shape index (κ2) is 6.34. The largest absolute Gasteiger partial charge is 0.369 e. The van der Waals surface area contributed by atoms with E-state index in [0.717, 1.165) is 5.56 Å². The highest BCUT2D eigenvalue weighted by atomic mass is 16.2. The van der Waals surface area contributed by atoms with Gasteiger partial charge in [-0.2, -0.15) is 0 Å². The molecule has 2 rings (SSSR count). The van der Waals surface area contributed by atoms with Gasteiger partial charge in [-0.15, -0.1) is 0 Å². The first-order valence-corrected chi connectivity index (χ1v) is 6.66. The lowest BCUT2D eigenvalue weighted by Gasteiger charge is -2.26. The number of hydrogen-bond acceptors (Lipinski definition) is 3. The number of benzene rings is 1. The van der Waals surface area contributed by atoms with Gasteiger partial charge in [-0.05, 0) is 30.5 Å². The van der Waals surface area contributed by atoms with E-state index in [-0.39, 0.29) is 23.8 Å². The number of carbonyl (C=O) groups is 2. The Labute approximate surface area is 118 Å². The standard InChI is InChI=1S/C15H19N3O2/c16-9-10-5-7-11(8-6-10)15(20)18-13-4-2-1-3-12(13)14(17)19/h1-2,5-8,12-13H,3-4,9,16H2,(H2,17,19)(H,18,20). The second-order valence-corrected chi connectivity index (χ2v) is 4.93. The SMILES string of the molecule is NCc1ccc(C(=O)NC2CC=CCC2C(N)=O)cc1. The Bertz CT molecular complexity index is 522. The molecule has 106 valence electrons. The molecule has 0 spiro atoms. The van der Waals surface area contributed by atoms with Crippen LogP contribution in [0.4, 0.5) is 0 Å². The third-order valence-electron chi connectivity index (χ3n) is 3.57. The van der Waals surface area contributed by atoms with Crippen molar-refractivity contribution in [2.45, 2.75) is 25.4 Å². The summed E-state index contributed by atoms with van der Waals surface area (Å²) in [5.74, 6) is -0.912. The molecule has 0 saturated heterocycles. The van der Waals surface area contributed by atoms with Crippen molar-refractivity contribution in [3.05, 3.63) is 47.5 Å². The number of primary amides is 1. The number of carbonyl (C=O) groups excluding carboxylic acids is 2. The highest BCUT2D eigenvalue weighted by Gasteiger charge is 2.28. The zero-order chi connectivity index (χ0) is 14.5. The molecule has 2 amide bonds. The van der Waals surface area contributed by atoms with Crippen molar-refractivity contribution in [1.29, 1.82) is 0 Å². The molecule has 1 aliphatic rings. The predicted molar refractivity (Wildman–Crippen MR) is 76.6 cm³/mol.